The SMILES string of the molecule is CC(C)c1ccc(-c2csc(NCC3CCCCC3)n2)cc1. The minimum absolute atomic E-state index is 0.581. The van der Waals surface area contributed by atoms with Crippen molar-refractivity contribution in [3.63, 3.8) is 0 Å². The monoisotopic (exact) mass is 314 g/mol. The maximum absolute atomic E-state index is 4.75. The van der Waals surface area contributed by atoms with Gasteiger partial charge in [0.1, 0.15) is 0 Å². The van der Waals surface area contributed by atoms with Crippen LogP contribution >= 0.6 is 11.3 Å². The van der Waals surface area contributed by atoms with Crippen molar-refractivity contribution in [1.82, 2.24) is 4.98 Å². The van der Waals surface area contributed by atoms with Crippen molar-refractivity contribution in [2.75, 3.05) is 11.9 Å². The topological polar surface area (TPSA) is 24.9 Å². The van der Waals surface area contributed by atoms with Gasteiger partial charge >= 0.3 is 0 Å². The third kappa shape index (κ3) is 3.89. The minimum Gasteiger partial charge on any atom is -0.361 e. The van der Waals surface area contributed by atoms with E-state index in [4.69, 9.17) is 4.98 Å². The highest BCUT2D eigenvalue weighted by molar-refractivity contribution is 7.14. The number of nitrogens with zero attached hydrogens (tertiary/aromatic N) is 1. The third-order valence-corrected chi connectivity index (χ3v) is 5.44. The second kappa shape index (κ2) is 7.28. The van der Waals surface area contributed by atoms with Crippen LogP contribution in [-0.2, 0) is 0 Å². The van der Waals surface area contributed by atoms with Crippen LogP contribution in [0.2, 0.25) is 0 Å². The molecule has 0 bridgehead atoms. The molecule has 118 valence electrons. The van der Waals surface area contributed by atoms with Crippen LogP contribution < -0.4 is 5.32 Å². The van der Waals surface area contributed by atoms with Gasteiger partial charge in [-0.2, -0.15) is 0 Å². The van der Waals surface area contributed by atoms with E-state index in [2.05, 4.69) is 48.8 Å². The molecule has 1 aromatic carbocycles. The highest BCUT2D eigenvalue weighted by atomic mass is 32.1. The summed E-state index contributed by atoms with van der Waals surface area (Å²) in [6.07, 6.45) is 6.98. The van der Waals surface area contributed by atoms with E-state index < -0.39 is 0 Å². The normalized spacial score (nSPS) is 16.1. The quantitative estimate of drug-likeness (QED) is 0.740. The van der Waals surface area contributed by atoms with Crippen LogP contribution in [0.3, 0.4) is 0 Å². The molecule has 2 nitrogen and oxygen atoms in total. The van der Waals surface area contributed by atoms with Crippen molar-refractivity contribution in [3.05, 3.63) is 35.2 Å². The molecule has 0 atom stereocenters. The fourth-order valence-electron chi connectivity index (χ4n) is 3.15. The van der Waals surface area contributed by atoms with Gasteiger partial charge in [0.05, 0.1) is 5.69 Å². The first-order valence-electron chi connectivity index (χ1n) is 8.52. The lowest BCUT2D eigenvalue weighted by atomic mass is 9.89. The van der Waals surface area contributed by atoms with Crippen molar-refractivity contribution in [3.8, 4) is 11.3 Å². The molecule has 0 spiro atoms. The Morgan fingerprint density at radius 3 is 2.55 bits per heavy atom. The van der Waals surface area contributed by atoms with Crippen LogP contribution in [0.25, 0.3) is 11.3 Å². The molecule has 0 unspecified atom stereocenters. The van der Waals surface area contributed by atoms with E-state index in [0.717, 1.165) is 23.3 Å². The van der Waals surface area contributed by atoms with E-state index >= 15 is 0 Å². The maximum atomic E-state index is 4.75. The highest BCUT2D eigenvalue weighted by Crippen LogP contribution is 2.28. The Bertz CT molecular complexity index is 580. The van der Waals surface area contributed by atoms with Crippen molar-refractivity contribution in [1.29, 1.82) is 0 Å². The molecular weight excluding hydrogens is 288 g/mol. The number of benzene rings is 1. The molecule has 0 amide bonds. The maximum Gasteiger partial charge on any atom is 0.183 e. The van der Waals surface area contributed by atoms with Gasteiger partial charge in [-0.15, -0.1) is 11.3 Å². The van der Waals surface area contributed by atoms with Crippen molar-refractivity contribution in [2.45, 2.75) is 51.9 Å². The number of hydrogen-bond acceptors (Lipinski definition) is 3. The van der Waals surface area contributed by atoms with Crippen LogP contribution in [0.15, 0.2) is 29.6 Å². The number of thiazole rings is 1. The molecule has 1 aliphatic rings. The summed E-state index contributed by atoms with van der Waals surface area (Å²) in [7, 11) is 0. The molecule has 1 heterocycles. The fraction of sp³-hybridized carbons (Fsp3) is 0.526. The van der Waals surface area contributed by atoms with Gasteiger partial charge in [0.2, 0.25) is 0 Å². The van der Waals surface area contributed by atoms with E-state index in [1.165, 1.54) is 43.2 Å². The summed E-state index contributed by atoms with van der Waals surface area (Å²) in [5.41, 5.74) is 3.69. The molecule has 1 aromatic heterocycles. The Kier molecular flexibility index (Phi) is 5.14. The predicted molar refractivity (Wildman–Crippen MR) is 96.7 cm³/mol. The van der Waals surface area contributed by atoms with Crippen molar-refractivity contribution in [2.24, 2.45) is 5.92 Å². The van der Waals surface area contributed by atoms with Crippen LogP contribution in [0.5, 0.6) is 0 Å². The zero-order valence-corrected chi connectivity index (χ0v) is 14.5. The lowest BCUT2D eigenvalue weighted by Crippen LogP contribution is -2.16. The Morgan fingerprint density at radius 1 is 1.14 bits per heavy atom. The van der Waals surface area contributed by atoms with Gasteiger partial charge in [-0.3, -0.25) is 0 Å². The Labute approximate surface area is 138 Å². The smallest absolute Gasteiger partial charge is 0.183 e. The van der Waals surface area contributed by atoms with Gasteiger partial charge in [-0.25, -0.2) is 4.98 Å². The van der Waals surface area contributed by atoms with Gasteiger partial charge in [0, 0.05) is 17.5 Å². The lowest BCUT2D eigenvalue weighted by Gasteiger charge is -2.21. The van der Waals surface area contributed by atoms with E-state index in [1.54, 1.807) is 11.3 Å². The third-order valence-electron chi connectivity index (χ3n) is 4.64. The standard InChI is InChI=1S/C19H26N2S/c1-14(2)16-8-10-17(11-9-16)18-13-22-19(21-18)20-12-15-6-4-3-5-7-15/h8-11,13-15H,3-7,12H2,1-2H3,(H,20,21). The van der Waals surface area contributed by atoms with Crippen molar-refractivity contribution < 1.29 is 0 Å². The Balaban J connectivity index is 1.60. The van der Waals surface area contributed by atoms with Gasteiger partial charge in [0.25, 0.3) is 0 Å². The van der Waals surface area contributed by atoms with E-state index in [0.29, 0.717) is 5.92 Å². The largest absolute Gasteiger partial charge is 0.361 e. The first kappa shape index (κ1) is 15.5. The zero-order chi connectivity index (χ0) is 15.4. The van der Waals surface area contributed by atoms with Crippen LogP contribution in [0, 0.1) is 5.92 Å². The molecular formula is C19H26N2S. The molecule has 0 saturated heterocycles. The molecule has 3 heteroatoms. The molecule has 1 N–H and O–H groups in total. The van der Waals surface area contributed by atoms with Crippen molar-refractivity contribution >= 4 is 16.5 Å². The second-order valence-corrected chi connectivity index (χ2v) is 7.56. The Morgan fingerprint density at radius 2 is 1.86 bits per heavy atom. The van der Waals surface area contributed by atoms with E-state index in [-0.39, 0.29) is 0 Å². The molecule has 1 fully saturated rings. The van der Waals surface area contributed by atoms with Gasteiger partial charge < -0.3 is 5.32 Å². The highest BCUT2D eigenvalue weighted by Gasteiger charge is 2.13. The molecule has 0 aliphatic heterocycles. The number of anilines is 1. The molecule has 2 aromatic rings. The fourth-order valence-corrected chi connectivity index (χ4v) is 3.88. The van der Waals surface area contributed by atoms with Gasteiger partial charge in [-0.1, -0.05) is 57.4 Å². The summed E-state index contributed by atoms with van der Waals surface area (Å²) >= 11 is 1.72. The summed E-state index contributed by atoms with van der Waals surface area (Å²) in [5, 5.41) is 6.77. The molecule has 22 heavy (non-hydrogen) atoms. The summed E-state index contributed by atoms with van der Waals surface area (Å²) in [6.45, 7) is 5.54. The Hall–Kier alpha value is -1.35. The number of aromatic nitrogens is 1. The first-order chi connectivity index (χ1) is 10.7. The minimum atomic E-state index is 0.581. The average Bonchev–Trinajstić information content (AvgIpc) is 3.03. The van der Waals surface area contributed by atoms with Gasteiger partial charge in [0.15, 0.2) is 5.13 Å². The number of rotatable bonds is 5. The van der Waals surface area contributed by atoms with Crippen LogP contribution in [-0.4, -0.2) is 11.5 Å². The number of hydrogen-bond donors (Lipinski definition) is 1. The number of nitrogens with one attached hydrogen (secondary N) is 1. The zero-order valence-electron chi connectivity index (χ0n) is 13.6. The summed E-state index contributed by atoms with van der Waals surface area (Å²) < 4.78 is 0. The molecule has 0 radical (unpaired) electrons. The van der Waals surface area contributed by atoms with E-state index in [9.17, 15) is 0 Å². The summed E-state index contributed by atoms with van der Waals surface area (Å²) in [6, 6.07) is 8.81. The van der Waals surface area contributed by atoms with E-state index in [1.807, 2.05) is 0 Å². The lowest BCUT2D eigenvalue weighted by molar-refractivity contribution is 0.373. The average molecular weight is 314 g/mol. The molecule has 3 rings (SSSR count). The summed E-state index contributed by atoms with van der Waals surface area (Å²) in [4.78, 5) is 4.75. The predicted octanol–water partition coefficient (Wildman–Crippen LogP) is 5.93. The van der Waals surface area contributed by atoms with Gasteiger partial charge in [-0.05, 0) is 30.2 Å². The first-order valence-corrected chi connectivity index (χ1v) is 9.40. The summed E-state index contributed by atoms with van der Waals surface area (Å²) in [5.74, 6) is 1.42. The molecule has 1 aliphatic carbocycles. The second-order valence-electron chi connectivity index (χ2n) is 6.70. The van der Waals surface area contributed by atoms with Crippen LogP contribution in [0.4, 0.5) is 5.13 Å². The molecule has 1 saturated carbocycles. The van der Waals surface area contributed by atoms with Crippen LogP contribution in [0.1, 0.15) is 57.4 Å².